The Labute approximate surface area is 302 Å². The van der Waals surface area contributed by atoms with Crippen LogP contribution in [0.5, 0.6) is 11.5 Å². The van der Waals surface area contributed by atoms with E-state index in [1.165, 1.54) is 0 Å². The summed E-state index contributed by atoms with van der Waals surface area (Å²) >= 11 is 0. The van der Waals surface area contributed by atoms with Gasteiger partial charge in [0.25, 0.3) is 0 Å². The van der Waals surface area contributed by atoms with Gasteiger partial charge in [-0.1, -0.05) is 107 Å². The van der Waals surface area contributed by atoms with Crippen LogP contribution in [0, 0.1) is 0 Å². The first kappa shape index (κ1) is 39.7. The topological polar surface area (TPSA) is 96.3 Å². The molecule has 2 aliphatic heterocycles. The molecule has 2 aromatic carbocycles. The zero-order valence-electron chi connectivity index (χ0n) is 33.3. The van der Waals surface area contributed by atoms with E-state index >= 15 is 0 Å². The van der Waals surface area contributed by atoms with Gasteiger partial charge in [0, 0.05) is 24.9 Å². The average Bonchev–Trinajstić information content (AvgIpc) is 2.96. The molecule has 2 saturated heterocycles. The first-order valence-corrected chi connectivity index (χ1v) is 18.7. The minimum absolute atomic E-state index is 0.102. The van der Waals surface area contributed by atoms with Gasteiger partial charge in [-0.05, 0) is 101 Å². The normalized spacial score (nSPS) is 21.9. The third-order valence-corrected chi connectivity index (χ3v) is 10.8. The lowest BCUT2D eigenvalue weighted by Crippen LogP contribution is -2.60. The van der Waals surface area contributed by atoms with E-state index in [1.54, 1.807) is 0 Å². The number of fused-ring (bicyclic) bond motifs is 2. The summed E-state index contributed by atoms with van der Waals surface area (Å²) in [5.41, 5.74) is 4.76. The standard InChI is InChI=1S/C43H65NO6/c1-40(2,3)28-22-26(23-29(38(28)47)41(4,5)6)14-20-36(45)49-34-18-16-33-35(19-17-32(34)44(33)13)50-37(46)21-15-27-24-30(42(7,8)9)39(48)31(25-27)43(10,11)12/h22-25,32-35,47-48H,14-21H2,1-13H3. The van der Waals surface area contributed by atoms with Crippen molar-refractivity contribution in [1.29, 1.82) is 0 Å². The minimum atomic E-state index is -0.226. The molecule has 50 heavy (non-hydrogen) atoms. The molecule has 2 bridgehead atoms. The number of phenols is 2. The van der Waals surface area contributed by atoms with E-state index in [0.29, 0.717) is 24.3 Å². The van der Waals surface area contributed by atoms with E-state index in [0.717, 1.165) is 59.1 Å². The lowest BCUT2D eigenvalue weighted by atomic mass is 9.78. The van der Waals surface area contributed by atoms with Crippen molar-refractivity contribution < 1.29 is 29.3 Å². The van der Waals surface area contributed by atoms with Crippen molar-refractivity contribution in [2.45, 2.75) is 180 Å². The van der Waals surface area contributed by atoms with E-state index in [9.17, 15) is 19.8 Å². The fourth-order valence-electron chi connectivity index (χ4n) is 7.79. The number of carbonyl (C=O) groups is 2. The third-order valence-electron chi connectivity index (χ3n) is 10.8. The second kappa shape index (κ2) is 14.5. The number of carbonyl (C=O) groups excluding carboxylic acids is 2. The number of nitrogens with zero attached hydrogens (tertiary/aromatic N) is 1. The number of aryl methyl sites for hydroxylation is 2. The van der Waals surface area contributed by atoms with Crippen LogP contribution >= 0.6 is 0 Å². The Morgan fingerprint density at radius 2 is 0.860 bits per heavy atom. The minimum Gasteiger partial charge on any atom is -0.507 e. The van der Waals surface area contributed by atoms with Crippen molar-refractivity contribution in [3.05, 3.63) is 57.6 Å². The van der Waals surface area contributed by atoms with E-state index in [1.807, 2.05) is 24.3 Å². The molecular weight excluding hydrogens is 626 g/mol. The van der Waals surface area contributed by atoms with Crippen LogP contribution in [-0.4, -0.2) is 58.4 Å². The van der Waals surface area contributed by atoms with E-state index < -0.39 is 0 Å². The summed E-state index contributed by atoms with van der Waals surface area (Å²) in [6.45, 7) is 25.1. The lowest BCUT2D eigenvalue weighted by Gasteiger charge is -2.50. The summed E-state index contributed by atoms with van der Waals surface area (Å²) in [4.78, 5) is 28.6. The lowest BCUT2D eigenvalue weighted by molar-refractivity contribution is -0.171. The summed E-state index contributed by atoms with van der Waals surface area (Å²) < 4.78 is 12.2. The van der Waals surface area contributed by atoms with Gasteiger partial charge in [0.2, 0.25) is 0 Å². The van der Waals surface area contributed by atoms with Gasteiger partial charge >= 0.3 is 11.9 Å². The van der Waals surface area contributed by atoms with Gasteiger partial charge in [-0.15, -0.1) is 0 Å². The number of hydrogen-bond donors (Lipinski definition) is 2. The maximum atomic E-state index is 13.2. The van der Waals surface area contributed by atoms with Crippen LogP contribution in [-0.2, 0) is 53.6 Å². The number of esters is 2. The van der Waals surface area contributed by atoms with Crippen molar-refractivity contribution in [1.82, 2.24) is 4.90 Å². The van der Waals surface area contributed by atoms with Crippen LogP contribution in [0.15, 0.2) is 24.3 Å². The van der Waals surface area contributed by atoms with Gasteiger partial charge < -0.3 is 19.7 Å². The Hall–Kier alpha value is -3.06. The summed E-state index contributed by atoms with van der Waals surface area (Å²) in [5.74, 6) is 0.298. The zero-order valence-corrected chi connectivity index (χ0v) is 33.3. The van der Waals surface area contributed by atoms with Gasteiger partial charge in [0.1, 0.15) is 23.7 Å². The molecular formula is C43H65NO6. The van der Waals surface area contributed by atoms with Crippen LogP contribution in [0.3, 0.4) is 0 Å². The fourth-order valence-corrected chi connectivity index (χ4v) is 7.79. The smallest absolute Gasteiger partial charge is 0.306 e. The number of aromatic hydroxyl groups is 2. The quantitative estimate of drug-likeness (QED) is 0.267. The Morgan fingerprint density at radius 1 is 0.580 bits per heavy atom. The molecule has 7 heteroatoms. The van der Waals surface area contributed by atoms with E-state index in [4.69, 9.17) is 9.47 Å². The number of likely N-dealkylation sites (N-methyl/N-ethyl adjacent to an activating group) is 1. The highest BCUT2D eigenvalue weighted by atomic mass is 16.6. The Morgan fingerprint density at radius 3 is 1.12 bits per heavy atom. The molecule has 4 unspecified atom stereocenters. The number of piperidine rings is 2. The van der Waals surface area contributed by atoms with Crippen LogP contribution in [0.1, 0.15) is 155 Å². The molecule has 2 fully saturated rings. The van der Waals surface area contributed by atoms with Crippen molar-refractivity contribution in [3.8, 4) is 11.5 Å². The maximum absolute atomic E-state index is 13.2. The monoisotopic (exact) mass is 691 g/mol. The largest absolute Gasteiger partial charge is 0.507 e. The number of benzene rings is 2. The molecule has 0 aromatic heterocycles. The first-order chi connectivity index (χ1) is 22.9. The van der Waals surface area contributed by atoms with Gasteiger partial charge in [-0.25, -0.2) is 0 Å². The molecule has 2 heterocycles. The molecule has 2 aromatic rings. The predicted molar refractivity (Wildman–Crippen MR) is 201 cm³/mol. The van der Waals surface area contributed by atoms with Crippen molar-refractivity contribution >= 4 is 11.9 Å². The van der Waals surface area contributed by atoms with E-state index in [-0.39, 0.29) is 70.7 Å². The van der Waals surface area contributed by atoms with Gasteiger partial charge in [0.15, 0.2) is 0 Å². The molecule has 0 saturated carbocycles. The first-order valence-electron chi connectivity index (χ1n) is 18.7. The number of phenolic OH excluding ortho intramolecular Hbond substituents is 2. The molecule has 4 rings (SSSR count). The zero-order chi connectivity index (χ0) is 37.6. The highest BCUT2D eigenvalue weighted by Crippen LogP contribution is 2.42. The van der Waals surface area contributed by atoms with E-state index in [2.05, 4.69) is 95.0 Å². The summed E-state index contributed by atoms with van der Waals surface area (Å²) in [6.07, 6.45) is 4.40. The number of ether oxygens (including phenoxy) is 2. The number of rotatable bonds is 8. The maximum Gasteiger partial charge on any atom is 0.306 e. The van der Waals surface area contributed by atoms with Gasteiger partial charge in [-0.2, -0.15) is 0 Å². The molecule has 4 atom stereocenters. The third kappa shape index (κ3) is 9.23. The molecule has 2 N–H and O–H groups in total. The molecule has 278 valence electrons. The molecule has 0 radical (unpaired) electrons. The summed E-state index contributed by atoms with van der Waals surface area (Å²) in [5, 5.41) is 22.1. The van der Waals surface area contributed by atoms with Crippen molar-refractivity contribution in [2.24, 2.45) is 0 Å². The van der Waals surface area contributed by atoms with Gasteiger partial charge in [0.05, 0.1) is 0 Å². The SMILES string of the molecule is CN1C2CCC(OC(=O)CCc3cc(C(C)(C)C)c(O)c(C(C)(C)C)c3)C1CCC2OC(=O)CCc1cc(C(C)(C)C)c(O)c(C(C)(C)C)c1. The molecule has 0 amide bonds. The fraction of sp³-hybridized carbons (Fsp3) is 0.674. The van der Waals surface area contributed by atoms with Crippen LogP contribution in [0.25, 0.3) is 0 Å². The second-order valence-corrected chi connectivity index (χ2v) is 19.1. The van der Waals surface area contributed by atoms with Crippen molar-refractivity contribution in [2.75, 3.05) is 7.05 Å². The van der Waals surface area contributed by atoms with Gasteiger partial charge in [-0.3, -0.25) is 14.5 Å². The van der Waals surface area contributed by atoms with Crippen LogP contribution in [0.4, 0.5) is 0 Å². The molecule has 7 nitrogen and oxygen atoms in total. The van der Waals surface area contributed by atoms with Crippen LogP contribution < -0.4 is 0 Å². The Balaban J connectivity index is 1.33. The summed E-state index contributed by atoms with van der Waals surface area (Å²) in [7, 11) is 2.06. The van der Waals surface area contributed by atoms with Crippen molar-refractivity contribution in [3.63, 3.8) is 0 Å². The average molecular weight is 692 g/mol. The predicted octanol–water partition coefficient (Wildman–Crippen LogP) is 8.93. The molecule has 2 aliphatic rings. The summed E-state index contributed by atoms with van der Waals surface area (Å²) in [6, 6.07) is 8.36. The Bertz CT molecular complexity index is 1360. The molecule has 0 aliphatic carbocycles. The second-order valence-electron chi connectivity index (χ2n) is 19.1. The molecule has 0 spiro atoms. The number of hydrogen-bond acceptors (Lipinski definition) is 7. The highest BCUT2D eigenvalue weighted by molar-refractivity contribution is 5.71. The Kier molecular flexibility index (Phi) is 11.5. The van der Waals surface area contributed by atoms with Crippen LogP contribution in [0.2, 0.25) is 0 Å². The highest BCUT2D eigenvalue weighted by Gasteiger charge is 2.45.